The van der Waals surface area contributed by atoms with E-state index in [1.54, 1.807) is 18.3 Å². The van der Waals surface area contributed by atoms with Crippen molar-refractivity contribution in [3.8, 4) is 22.6 Å². The number of rotatable bonds is 2. The van der Waals surface area contributed by atoms with Crippen molar-refractivity contribution in [2.45, 2.75) is 18.4 Å². The third-order valence-corrected chi connectivity index (χ3v) is 6.34. The van der Waals surface area contributed by atoms with Gasteiger partial charge in [0.1, 0.15) is 11.3 Å². The minimum Gasteiger partial charge on any atom is -0.465 e. The molecule has 0 fully saturated rings. The first kappa shape index (κ1) is 19.9. The summed E-state index contributed by atoms with van der Waals surface area (Å²) in [6.45, 7) is 1.62. The molecule has 2 aromatic heterocycles. The SMILES string of the molecule is NC1=N[C@@]2(CCO1)c1cc(-c3cccnc3F)ccc1Oc1cnc(C3=CCOCC3)cc12. The molecule has 0 radical (unpaired) electrons. The molecule has 1 atom stereocenters. The van der Waals surface area contributed by atoms with Gasteiger partial charge in [-0.05, 0) is 47.9 Å². The average molecular weight is 444 g/mol. The van der Waals surface area contributed by atoms with E-state index in [-0.39, 0.29) is 6.02 Å². The number of amidine groups is 1. The van der Waals surface area contributed by atoms with Crippen molar-refractivity contribution in [2.24, 2.45) is 10.7 Å². The molecular weight excluding hydrogens is 423 g/mol. The Morgan fingerprint density at radius 3 is 2.76 bits per heavy atom. The van der Waals surface area contributed by atoms with Crippen molar-refractivity contribution in [1.29, 1.82) is 0 Å². The number of hydrogen-bond acceptors (Lipinski definition) is 7. The fraction of sp³-hybridized carbons (Fsp3) is 0.240. The van der Waals surface area contributed by atoms with Gasteiger partial charge in [-0.2, -0.15) is 4.39 Å². The predicted molar refractivity (Wildman–Crippen MR) is 120 cm³/mol. The third-order valence-electron chi connectivity index (χ3n) is 6.34. The lowest BCUT2D eigenvalue weighted by molar-refractivity contribution is 0.161. The Hall–Kier alpha value is -3.78. The van der Waals surface area contributed by atoms with Gasteiger partial charge in [0, 0.05) is 29.3 Å². The summed E-state index contributed by atoms with van der Waals surface area (Å²) in [5, 5.41) is 0. The zero-order chi connectivity index (χ0) is 22.4. The summed E-state index contributed by atoms with van der Waals surface area (Å²) in [6.07, 6.45) is 6.56. The molecule has 166 valence electrons. The van der Waals surface area contributed by atoms with Crippen LogP contribution in [0.5, 0.6) is 11.5 Å². The number of nitrogens with zero attached hydrogens (tertiary/aromatic N) is 3. The van der Waals surface area contributed by atoms with E-state index in [0.717, 1.165) is 28.8 Å². The maximum absolute atomic E-state index is 14.5. The first-order chi connectivity index (χ1) is 16.1. The Kier molecular flexibility index (Phi) is 4.62. The maximum atomic E-state index is 14.5. The predicted octanol–water partition coefficient (Wildman–Crippen LogP) is 4.17. The van der Waals surface area contributed by atoms with Crippen LogP contribution in [0.1, 0.15) is 29.7 Å². The molecule has 2 N–H and O–H groups in total. The van der Waals surface area contributed by atoms with Crippen molar-refractivity contribution >= 4 is 11.6 Å². The van der Waals surface area contributed by atoms with Crippen molar-refractivity contribution in [3.63, 3.8) is 0 Å². The first-order valence-electron chi connectivity index (χ1n) is 10.8. The Balaban J connectivity index is 1.56. The number of hydrogen-bond donors (Lipinski definition) is 1. The lowest BCUT2D eigenvalue weighted by Gasteiger charge is -2.39. The first-order valence-corrected chi connectivity index (χ1v) is 10.8. The summed E-state index contributed by atoms with van der Waals surface area (Å²) in [5.74, 6) is 0.725. The summed E-state index contributed by atoms with van der Waals surface area (Å²) < 4.78 is 31.6. The van der Waals surface area contributed by atoms with Crippen molar-refractivity contribution in [2.75, 3.05) is 19.8 Å². The highest BCUT2D eigenvalue weighted by atomic mass is 19.1. The van der Waals surface area contributed by atoms with Crippen LogP contribution >= 0.6 is 0 Å². The lowest BCUT2D eigenvalue weighted by Crippen LogP contribution is -2.38. The average Bonchev–Trinajstić information content (AvgIpc) is 2.85. The minimum absolute atomic E-state index is 0.113. The third kappa shape index (κ3) is 3.25. The summed E-state index contributed by atoms with van der Waals surface area (Å²) in [6, 6.07) is 11.1. The maximum Gasteiger partial charge on any atom is 0.283 e. The fourth-order valence-electron chi connectivity index (χ4n) is 4.73. The molecule has 6 rings (SSSR count). The van der Waals surface area contributed by atoms with Crippen LogP contribution in [0.2, 0.25) is 0 Å². The highest BCUT2D eigenvalue weighted by Crippen LogP contribution is 2.53. The number of nitrogens with two attached hydrogens (primary N) is 1. The summed E-state index contributed by atoms with van der Waals surface area (Å²) >= 11 is 0. The van der Waals surface area contributed by atoms with Crippen LogP contribution in [-0.2, 0) is 15.0 Å². The van der Waals surface area contributed by atoms with Gasteiger partial charge in [-0.15, -0.1) is 0 Å². The van der Waals surface area contributed by atoms with E-state index in [2.05, 4.69) is 9.97 Å². The van der Waals surface area contributed by atoms with Crippen LogP contribution in [0.25, 0.3) is 16.7 Å². The van der Waals surface area contributed by atoms with E-state index >= 15 is 0 Å². The molecule has 1 aromatic carbocycles. The highest BCUT2D eigenvalue weighted by Gasteiger charge is 2.45. The van der Waals surface area contributed by atoms with Crippen molar-refractivity contribution < 1.29 is 18.6 Å². The summed E-state index contributed by atoms with van der Waals surface area (Å²) in [4.78, 5) is 13.2. The molecule has 0 saturated heterocycles. The molecular formula is C25H21FN4O3. The summed E-state index contributed by atoms with van der Waals surface area (Å²) in [5.41, 5.74) is 10.0. The molecule has 3 aliphatic rings. The van der Waals surface area contributed by atoms with Gasteiger partial charge in [0.15, 0.2) is 5.75 Å². The van der Waals surface area contributed by atoms with Crippen LogP contribution in [0, 0.1) is 5.95 Å². The van der Waals surface area contributed by atoms with Crippen LogP contribution in [0.15, 0.2) is 59.9 Å². The Bertz CT molecular complexity index is 1320. The number of fused-ring (bicyclic) bond motifs is 4. The van der Waals surface area contributed by atoms with Crippen LogP contribution in [0.4, 0.5) is 4.39 Å². The zero-order valence-corrected chi connectivity index (χ0v) is 17.8. The van der Waals surface area contributed by atoms with E-state index in [0.29, 0.717) is 48.9 Å². The van der Waals surface area contributed by atoms with E-state index < -0.39 is 11.5 Å². The van der Waals surface area contributed by atoms with Crippen molar-refractivity contribution in [1.82, 2.24) is 9.97 Å². The van der Waals surface area contributed by atoms with E-state index in [9.17, 15) is 4.39 Å². The summed E-state index contributed by atoms with van der Waals surface area (Å²) in [7, 11) is 0. The molecule has 0 aliphatic carbocycles. The van der Waals surface area contributed by atoms with Crippen LogP contribution < -0.4 is 10.5 Å². The fourth-order valence-corrected chi connectivity index (χ4v) is 4.73. The molecule has 0 saturated carbocycles. The van der Waals surface area contributed by atoms with Gasteiger partial charge in [0.25, 0.3) is 6.02 Å². The van der Waals surface area contributed by atoms with Crippen LogP contribution in [-0.4, -0.2) is 35.8 Å². The topological polar surface area (TPSA) is 91.9 Å². The van der Waals surface area contributed by atoms with Crippen molar-refractivity contribution in [3.05, 3.63) is 77.6 Å². The van der Waals surface area contributed by atoms with E-state index in [1.165, 1.54) is 6.20 Å². The standard InChI is InChI=1S/C25H21FN4O3/c26-23-17(2-1-8-28-23)16-3-4-21-18(12-16)25(7-11-32-24(27)30-25)19-13-20(29-14-22(19)33-21)15-5-9-31-10-6-15/h1-5,8,12-14H,6-7,9-11H2,(H2,27,30)/t25-/m0/s1. The Morgan fingerprint density at radius 1 is 1.03 bits per heavy atom. The highest BCUT2D eigenvalue weighted by molar-refractivity contribution is 5.77. The van der Waals surface area contributed by atoms with Gasteiger partial charge in [-0.3, -0.25) is 4.98 Å². The normalized spacial score (nSPS) is 21.2. The molecule has 0 bridgehead atoms. The van der Waals surface area contributed by atoms with Gasteiger partial charge in [0.05, 0.1) is 31.7 Å². The van der Waals surface area contributed by atoms with Gasteiger partial charge in [-0.25, -0.2) is 9.98 Å². The monoisotopic (exact) mass is 444 g/mol. The number of benzene rings is 1. The Morgan fingerprint density at radius 2 is 1.94 bits per heavy atom. The van der Waals surface area contributed by atoms with E-state index in [1.807, 2.05) is 30.3 Å². The van der Waals surface area contributed by atoms with Gasteiger partial charge < -0.3 is 19.9 Å². The number of pyridine rings is 2. The lowest BCUT2D eigenvalue weighted by atomic mass is 9.77. The molecule has 33 heavy (non-hydrogen) atoms. The molecule has 5 heterocycles. The number of halogens is 1. The Labute approximate surface area is 189 Å². The second-order valence-electron chi connectivity index (χ2n) is 8.18. The molecule has 8 heteroatoms. The zero-order valence-electron chi connectivity index (χ0n) is 17.8. The van der Waals surface area contributed by atoms with Gasteiger partial charge in [0.2, 0.25) is 5.95 Å². The molecule has 0 unspecified atom stereocenters. The van der Waals surface area contributed by atoms with Gasteiger partial charge in [-0.1, -0.05) is 12.1 Å². The molecule has 0 amide bonds. The molecule has 3 aliphatic heterocycles. The molecule has 3 aromatic rings. The number of aromatic nitrogens is 2. The largest absolute Gasteiger partial charge is 0.465 e. The minimum atomic E-state index is -0.830. The van der Waals surface area contributed by atoms with E-state index in [4.69, 9.17) is 24.9 Å². The van der Waals surface area contributed by atoms with Gasteiger partial charge >= 0.3 is 0 Å². The second kappa shape index (κ2) is 7.67. The smallest absolute Gasteiger partial charge is 0.283 e. The number of ether oxygens (including phenoxy) is 3. The quantitative estimate of drug-likeness (QED) is 0.597. The van der Waals surface area contributed by atoms with Crippen LogP contribution in [0.3, 0.4) is 0 Å². The molecule has 7 nitrogen and oxygen atoms in total. The second-order valence-corrected chi connectivity index (χ2v) is 8.18. The number of aliphatic imine (C=N–C) groups is 1. The molecule has 1 spiro atoms.